The zero-order chi connectivity index (χ0) is 7.40. The van der Waals surface area contributed by atoms with Crippen LogP contribution < -0.4 is 0 Å². The summed E-state index contributed by atoms with van der Waals surface area (Å²) in [6.07, 6.45) is 1.97. The van der Waals surface area contributed by atoms with Gasteiger partial charge >= 0.3 is 0 Å². The second-order valence-electron chi connectivity index (χ2n) is 2.03. The molecule has 0 unspecified atom stereocenters. The maximum Gasteiger partial charge on any atom is 0.0991 e. The zero-order valence-electron chi connectivity index (χ0n) is 5.83. The highest BCUT2D eigenvalue weighted by molar-refractivity contribution is 5.35. The third kappa shape index (κ3) is 1.35. The Morgan fingerprint density at radius 3 is 2.90 bits per heavy atom. The topological polar surface area (TPSA) is 23.8 Å². The second-order valence-corrected chi connectivity index (χ2v) is 2.03. The van der Waals surface area contributed by atoms with E-state index in [0.29, 0.717) is 0 Å². The Morgan fingerprint density at radius 2 is 2.30 bits per heavy atom. The number of hydrogen-bond acceptors (Lipinski definition) is 1. The van der Waals surface area contributed by atoms with Crippen LogP contribution in [0.2, 0.25) is 0 Å². The Bertz CT molecular complexity index is 258. The minimum Gasteiger partial charge on any atom is -0.192 e. The number of nitriles is 1. The summed E-state index contributed by atoms with van der Waals surface area (Å²) < 4.78 is 0. The Kier molecular flexibility index (Phi) is 2.07. The maximum atomic E-state index is 8.49. The highest BCUT2D eigenvalue weighted by atomic mass is 14.2. The van der Waals surface area contributed by atoms with Gasteiger partial charge in [0.2, 0.25) is 0 Å². The number of benzene rings is 1. The molecule has 1 heteroatoms. The SMILES string of the molecule is C[CH]c1cccc(C#N)c1. The molecule has 0 bridgehead atoms. The second kappa shape index (κ2) is 3.03. The standard InChI is InChI=1S/C9H8N/c1-2-8-4-3-5-9(6-8)7-10/h2-6H,1H3. The van der Waals surface area contributed by atoms with E-state index in [9.17, 15) is 0 Å². The molecule has 0 aliphatic heterocycles. The summed E-state index contributed by atoms with van der Waals surface area (Å²) in [5.41, 5.74) is 1.81. The molecule has 1 aromatic rings. The minimum absolute atomic E-state index is 0.718. The zero-order valence-corrected chi connectivity index (χ0v) is 5.83. The first-order chi connectivity index (χ1) is 4.86. The predicted molar refractivity (Wildman–Crippen MR) is 40.2 cm³/mol. The molecule has 0 saturated carbocycles. The first-order valence-electron chi connectivity index (χ1n) is 3.16. The number of rotatable bonds is 1. The van der Waals surface area contributed by atoms with Gasteiger partial charge in [-0.05, 0) is 24.1 Å². The molecule has 0 aromatic heterocycles. The van der Waals surface area contributed by atoms with E-state index in [1.165, 1.54) is 0 Å². The first-order valence-corrected chi connectivity index (χ1v) is 3.16. The van der Waals surface area contributed by atoms with Crippen molar-refractivity contribution in [1.29, 1.82) is 5.26 Å². The molecular weight excluding hydrogens is 122 g/mol. The molecular formula is C9H8N. The van der Waals surface area contributed by atoms with Crippen LogP contribution in [0, 0.1) is 17.8 Å². The molecule has 49 valence electrons. The van der Waals surface area contributed by atoms with Gasteiger partial charge in [0.1, 0.15) is 0 Å². The molecule has 0 aliphatic carbocycles. The highest BCUT2D eigenvalue weighted by Gasteiger charge is 1.90. The van der Waals surface area contributed by atoms with Crippen LogP contribution in [0.5, 0.6) is 0 Å². The fraction of sp³-hybridized carbons (Fsp3) is 0.111. The summed E-state index contributed by atoms with van der Waals surface area (Å²) >= 11 is 0. The molecule has 0 heterocycles. The van der Waals surface area contributed by atoms with Crippen LogP contribution in [0.4, 0.5) is 0 Å². The van der Waals surface area contributed by atoms with Gasteiger partial charge in [0.25, 0.3) is 0 Å². The van der Waals surface area contributed by atoms with E-state index in [0.717, 1.165) is 11.1 Å². The molecule has 1 nitrogen and oxygen atoms in total. The highest BCUT2D eigenvalue weighted by Crippen LogP contribution is 2.04. The lowest BCUT2D eigenvalue weighted by atomic mass is 10.1. The molecule has 0 spiro atoms. The van der Waals surface area contributed by atoms with Gasteiger partial charge in [-0.25, -0.2) is 0 Å². The van der Waals surface area contributed by atoms with Gasteiger partial charge in [-0.2, -0.15) is 5.26 Å². The van der Waals surface area contributed by atoms with Gasteiger partial charge < -0.3 is 0 Å². The lowest BCUT2D eigenvalue weighted by Gasteiger charge is -1.93. The summed E-state index contributed by atoms with van der Waals surface area (Å²) in [4.78, 5) is 0. The number of hydrogen-bond donors (Lipinski definition) is 0. The Balaban J connectivity index is 3.01. The normalized spacial score (nSPS) is 8.80. The Hall–Kier alpha value is -1.29. The molecule has 1 aromatic carbocycles. The first kappa shape index (κ1) is 6.82. The molecule has 1 radical (unpaired) electrons. The smallest absolute Gasteiger partial charge is 0.0991 e. The lowest BCUT2D eigenvalue weighted by molar-refractivity contribution is 1.40. The van der Waals surface area contributed by atoms with Crippen molar-refractivity contribution in [2.45, 2.75) is 6.92 Å². The third-order valence-corrected chi connectivity index (χ3v) is 1.35. The van der Waals surface area contributed by atoms with E-state index in [1.807, 2.05) is 31.5 Å². The van der Waals surface area contributed by atoms with Gasteiger partial charge in [0, 0.05) is 0 Å². The third-order valence-electron chi connectivity index (χ3n) is 1.35. The van der Waals surface area contributed by atoms with E-state index in [4.69, 9.17) is 5.26 Å². The van der Waals surface area contributed by atoms with Crippen molar-refractivity contribution in [2.24, 2.45) is 0 Å². The minimum atomic E-state index is 0.718. The molecule has 0 saturated heterocycles. The van der Waals surface area contributed by atoms with Crippen molar-refractivity contribution < 1.29 is 0 Å². The van der Waals surface area contributed by atoms with E-state index in [1.54, 1.807) is 6.07 Å². The fourth-order valence-corrected chi connectivity index (χ4v) is 0.788. The van der Waals surface area contributed by atoms with Crippen LogP contribution in [0.15, 0.2) is 24.3 Å². The van der Waals surface area contributed by atoms with E-state index in [-0.39, 0.29) is 0 Å². The van der Waals surface area contributed by atoms with Gasteiger partial charge in [-0.15, -0.1) is 0 Å². The molecule has 0 fully saturated rings. The van der Waals surface area contributed by atoms with E-state index >= 15 is 0 Å². The Labute approximate surface area is 60.9 Å². The lowest BCUT2D eigenvalue weighted by Crippen LogP contribution is -1.78. The van der Waals surface area contributed by atoms with Crippen LogP contribution in [-0.4, -0.2) is 0 Å². The molecule has 0 atom stereocenters. The van der Waals surface area contributed by atoms with Gasteiger partial charge in [0.05, 0.1) is 11.6 Å². The van der Waals surface area contributed by atoms with Gasteiger partial charge in [0.15, 0.2) is 0 Å². The largest absolute Gasteiger partial charge is 0.192 e. The van der Waals surface area contributed by atoms with E-state index < -0.39 is 0 Å². The van der Waals surface area contributed by atoms with Crippen molar-refractivity contribution in [2.75, 3.05) is 0 Å². The van der Waals surface area contributed by atoms with E-state index in [2.05, 4.69) is 6.07 Å². The molecule has 10 heavy (non-hydrogen) atoms. The van der Waals surface area contributed by atoms with Crippen LogP contribution in [0.1, 0.15) is 18.1 Å². The Morgan fingerprint density at radius 1 is 1.50 bits per heavy atom. The fourth-order valence-electron chi connectivity index (χ4n) is 0.788. The van der Waals surface area contributed by atoms with Crippen molar-refractivity contribution in [3.8, 4) is 6.07 Å². The average Bonchev–Trinajstić information content (AvgIpc) is 2.05. The summed E-state index contributed by atoms with van der Waals surface area (Å²) in [7, 11) is 0. The maximum absolute atomic E-state index is 8.49. The van der Waals surface area contributed by atoms with Crippen molar-refractivity contribution in [3.63, 3.8) is 0 Å². The monoisotopic (exact) mass is 130 g/mol. The summed E-state index contributed by atoms with van der Waals surface area (Å²) in [6, 6.07) is 9.60. The van der Waals surface area contributed by atoms with Crippen molar-refractivity contribution >= 4 is 0 Å². The molecule has 1 rings (SSSR count). The summed E-state index contributed by atoms with van der Waals surface area (Å²) in [6.45, 7) is 1.95. The molecule has 0 amide bonds. The van der Waals surface area contributed by atoms with Crippen molar-refractivity contribution in [1.82, 2.24) is 0 Å². The average molecular weight is 130 g/mol. The predicted octanol–water partition coefficient (Wildman–Crippen LogP) is 2.13. The molecule has 0 aliphatic rings. The summed E-state index contributed by atoms with van der Waals surface area (Å²) in [5, 5.41) is 8.49. The van der Waals surface area contributed by atoms with Crippen LogP contribution >= 0.6 is 0 Å². The van der Waals surface area contributed by atoms with Crippen molar-refractivity contribution in [3.05, 3.63) is 41.8 Å². The quantitative estimate of drug-likeness (QED) is 0.571. The van der Waals surface area contributed by atoms with Crippen LogP contribution in [-0.2, 0) is 0 Å². The van der Waals surface area contributed by atoms with Gasteiger partial charge in [-0.3, -0.25) is 0 Å². The molecule has 0 N–H and O–H groups in total. The van der Waals surface area contributed by atoms with Crippen LogP contribution in [0.3, 0.4) is 0 Å². The van der Waals surface area contributed by atoms with Gasteiger partial charge in [-0.1, -0.05) is 19.1 Å². The summed E-state index contributed by atoms with van der Waals surface area (Å²) in [5.74, 6) is 0. The number of nitrogens with zero attached hydrogens (tertiary/aromatic N) is 1. The van der Waals surface area contributed by atoms with Crippen LogP contribution in [0.25, 0.3) is 0 Å².